The van der Waals surface area contributed by atoms with Gasteiger partial charge in [-0.2, -0.15) is 0 Å². The van der Waals surface area contributed by atoms with Gasteiger partial charge in [-0.25, -0.2) is 10.2 Å². The first kappa shape index (κ1) is 7.98. The number of tetrazole rings is 2. The summed E-state index contributed by atoms with van der Waals surface area (Å²) in [5, 5.41) is 25.5. The minimum atomic E-state index is 0. The molecule has 0 unspecified atom stereocenters. The SMILES string of the molecule is [Ag].n1n[nH]c(-c2nnn[nH]2)n1. The van der Waals surface area contributed by atoms with Crippen LogP contribution in [0.1, 0.15) is 0 Å². The van der Waals surface area contributed by atoms with Gasteiger partial charge in [0, 0.05) is 22.4 Å². The largest absolute Gasteiger partial charge is 0.236 e. The van der Waals surface area contributed by atoms with Gasteiger partial charge in [-0.3, -0.25) is 0 Å². The fourth-order valence-corrected chi connectivity index (χ4v) is 0.519. The first-order chi connectivity index (χ1) is 4.97. The van der Waals surface area contributed by atoms with Crippen molar-refractivity contribution >= 4 is 0 Å². The van der Waals surface area contributed by atoms with Crippen LogP contribution in [-0.4, -0.2) is 41.2 Å². The van der Waals surface area contributed by atoms with E-state index in [1.807, 2.05) is 0 Å². The van der Waals surface area contributed by atoms with E-state index in [9.17, 15) is 0 Å². The number of aromatic amines is 2. The molecule has 2 N–H and O–H groups in total. The number of hydrogen-bond donors (Lipinski definition) is 2. The van der Waals surface area contributed by atoms with Crippen LogP contribution in [0.5, 0.6) is 0 Å². The molecule has 2 aromatic rings. The number of aromatic nitrogens is 8. The van der Waals surface area contributed by atoms with Crippen molar-refractivity contribution in [3.8, 4) is 11.6 Å². The van der Waals surface area contributed by atoms with E-state index in [-0.39, 0.29) is 22.4 Å². The first-order valence-electron chi connectivity index (χ1n) is 2.44. The van der Waals surface area contributed by atoms with E-state index in [1.165, 1.54) is 0 Å². The zero-order valence-electron chi connectivity index (χ0n) is 4.98. The number of nitrogens with zero attached hydrogens (tertiary/aromatic N) is 6. The molecule has 0 spiro atoms. The van der Waals surface area contributed by atoms with Crippen LogP contribution in [0.4, 0.5) is 0 Å². The van der Waals surface area contributed by atoms with E-state index in [0.29, 0.717) is 11.6 Å². The van der Waals surface area contributed by atoms with Crippen molar-refractivity contribution in [3.05, 3.63) is 0 Å². The Kier molecular flexibility index (Phi) is 2.41. The first-order valence-corrected chi connectivity index (χ1v) is 2.44. The van der Waals surface area contributed by atoms with Gasteiger partial charge in [0.25, 0.3) is 0 Å². The van der Waals surface area contributed by atoms with Gasteiger partial charge in [-0.15, -0.1) is 10.2 Å². The summed E-state index contributed by atoms with van der Waals surface area (Å²) >= 11 is 0. The smallest absolute Gasteiger partial charge is 0.218 e. The fraction of sp³-hybridized carbons (Fsp3) is 0. The van der Waals surface area contributed by atoms with E-state index in [2.05, 4.69) is 41.2 Å². The van der Waals surface area contributed by atoms with Crippen molar-refractivity contribution in [2.75, 3.05) is 0 Å². The van der Waals surface area contributed by atoms with Gasteiger partial charge in [-0.05, 0) is 20.9 Å². The molecule has 0 fully saturated rings. The van der Waals surface area contributed by atoms with Crippen molar-refractivity contribution in [1.82, 2.24) is 41.2 Å². The monoisotopic (exact) mass is 245 g/mol. The summed E-state index contributed by atoms with van der Waals surface area (Å²) in [6.45, 7) is 0. The van der Waals surface area contributed by atoms with Crippen LogP contribution in [0.3, 0.4) is 0 Å². The zero-order valence-corrected chi connectivity index (χ0v) is 6.47. The van der Waals surface area contributed by atoms with Gasteiger partial charge in [0.15, 0.2) is 0 Å². The van der Waals surface area contributed by atoms with E-state index < -0.39 is 0 Å². The molecule has 0 aliphatic rings. The van der Waals surface area contributed by atoms with Crippen molar-refractivity contribution in [2.24, 2.45) is 0 Å². The zero-order chi connectivity index (χ0) is 6.81. The Balaban J connectivity index is 0.000000605. The molecule has 2 aromatic heterocycles. The van der Waals surface area contributed by atoms with Crippen LogP contribution in [0, 0.1) is 0 Å². The Morgan fingerprint density at radius 1 is 0.818 bits per heavy atom. The van der Waals surface area contributed by atoms with E-state index in [4.69, 9.17) is 0 Å². The summed E-state index contributed by atoms with van der Waals surface area (Å²) < 4.78 is 0. The molecule has 0 amide bonds. The van der Waals surface area contributed by atoms with Gasteiger partial charge in [0.2, 0.25) is 11.6 Å². The average Bonchev–Trinajstić information content (AvgIpc) is 2.59. The van der Waals surface area contributed by atoms with Crippen LogP contribution in [0.15, 0.2) is 0 Å². The summed E-state index contributed by atoms with van der Waals surface area (Å²) in [7, 11) is 0. The number of rotatable bonds is 1. The van der Waals surface area contributed by atoms with Gasteiger partial charge in [-0.1, -0.05) is 0 Å². The Morgan fingerprint density at radius 3 is 1.55 bits per heavy atom. The fourth-order valence-electron chi connectivity index (χ4n) is 0.519. The molecule has 2 heterocycles. The molecule has 0 saturated heterocycles. The van der Waals surface area contributed by atoms with Crippen LogP contribution < -0.4 is 0 Å². The predicted octanol–water partition coefficient (Wildman–Crippen LogP) is -1.62. The van der Waals surface area contributed by atoms with Gasteiger partial charge in [0.05, 0.1) is 0 Å². The summed E-state index contributed by atoms with van der Waals surface area (Å²) in [6.07, 6.45) is 0. The molecular formula is C2H2AgN8. The normalized spacial score (nSPS) is 9.09. The van der Waals surface area contributed by atoms with Crippen molar-refractivity contribution in [3.63, 3.8) is 0 Å². The van der Waals surface area contributed by atoms with Gasteiger partial charge >= 0.3 is 0 Å². The van der Waals surface area contributed by atoms with Crippen molar-refractivity contribution in [2.45, 2.75) is 0 Å². The summed E-state index contributed by atoms with van der Waals surface area (Å²) in [4.78, 5) is 0. The summed E-state index contributed by atoms with van der Waals surface area (Å²) in [5.41, 5.74) is 0. The quantitative estimate of drug-likeness (QED) is 0.585. The predicted molar refractivity (Wildman–Crippen MR) is 27.3 cm³/mol. The molecule has 11 heavy (non-hydrogen) atoms. The maximum absolute atomic E-state index is 3.57. The Hall–Kier alpha value is -1.12. The average molecular weight is 246 g/mol. The molecule has 0 bridgehead atoms. The maximum Gasteiger partial charge on any atom is 0.218 e. The molecule has 9 heteroatoms. The molecule has 61 valence electrons. The second-order valence-electron chi connectivity index (χ2n) is 1.50. The van der Waals surface area contributed by atoms with Crippen molar-refractivity contribution < 1.29 is 22.4 Å². The van der Waals surface area contributed by atoms with E-state index in [1.54, 1.807) is 0 Å². The van der Waals surface area contributed by atoms with E-state index in [0.717, 1.165) is 0 Å². The second kappa shape index (κ2) is 3.32. The van der Waals surface area contributed by atoms with Crippen LogP contribution in [0.2, 0.25) is 0 Å². The third-order valence-electron chi connectivity index (χ3n) is 0.915. The molecular weight excluding hydrogens is 244 g/mol. The summed E-state index contributed by atoms with van der Waals surface area (Å²) in [5.74, 6) is 0.843. The van der Waals surface area contributed by atoms with Crippen LogP contribution in [0.25, 0.3) is 11.6 Å². The van der Waals surface area contributed by atoms with Crippen molar-refractivity contribution in [1.29, 1.82) is 0 Å². The van der Waals surface area contributed by atoms with Crippen LogP contribution >= 0.6 is 0 Å². The molecule has 0 aliphatic heterocycles. The van der Waals surface area contributed by atoms with E-state index >= 15 is 0 Å². The Morgan fingerprint density at radius 2 is 1.27 bits per heavy atom. The number of H-pyrrole nitrogens is 2. The topological polar surface area (TPSA) is 109 Å². The minimum Gasteiger partial charge on any atom is -0.236 e. The Bertz CT molecular complexity index is 252. The van der Waals surface area contributed by atoms with Gasteiger partial charge < -0.3 is 0 Å². The number of hydrogen-bond acceptors (Lipinski definition) is 6. The molecule has 8 nitrogen and oxygen atoms in total. The molecule has 0 aromatic carbocycles. The van der Waals surface area contributed by atoms with Crippen LogP contribution in [-0.2, 0) is 22.4 Å². The third-order valence-corrected chi connectivity index (χ3v) is 0.915. The standard InChI is InChI=1S/C2H2N8.Ag/c3-1(4-8-7-3)2-5-9-10-6-2;/h(H,3,4,7,8)(H,5,6,9,10);. The minimum absolute atomic E-state index is 0. The molecule has 0 aliphatic carbocycles. The summed E-state index contributed by atoms with van der Waals surface area (Å²) in [6, 6.07) is 0. The van der Waals surface area contributed by atoms with Gasteiger partial charge in [0.1, 0.15) is 0 Å². The third kappa shape index (κ3) is 1.48. The number of nitrogens with one attached hydrogen (secondary N) is 2. The second-order valence-corrected chi connectivity index (χ2v) is 1.50. The maximum atomic E-state index is 3.57. The molecule has 0 saturated carbocycles. The molecule has 2 rings (SSSR count). The Labute approximate surface area is 75.7 Å². The molecule has 0 atom stereocenters. The molecule has 1 radical (unpaired) electrons.